The van der Waals surface area contributed by atoms with Gasteiger partial charge in [0.05, 0.1) is 5.39 Å². The molecule has 0 aliphatic rings. The van der Waals surface area contributed by atoms with E-state index < -0.39 is 0 Å². The van der Waals surface area contributed by atoms with Crippen LogP contribution in [0.25, 0.3) is 21.7 Å². The maximum Gasteiger partial charge on any atom is 0.344 e. The second-order valence-electron chi connectivity index (χ2n) is 4.59. The van der Waals surface area contributed by atoms with Crippen molar-refractivity contribution in [3.05, 3.63) is 50.3 Å². The Balaban J connectivity index is 2.67. The summed E-state index contributed by atoms with van der Waals surface area (Å²) >= 11 is 3.25. The van der Waals surface area contributed by atoms with Gasteiger partial charge in [-0.2, -0.15) is 0 Å². The maximum atomic E-state index is 12.2. The third-order valence-corrected chi connectivity index (χ3v) is 4.27. The van der Waals surface area contributed by atoms with Crippen LogP contribution in [0.3, 0.4) is 0 Å². The molecule has 3 aromatic rings. The molecule has 1 heterocycles. The lowest BCUT2D eigenvalue weighted by Crippen LogP contribution is -2.03. The van der Waals surface area contributed by atoms with Crippen LogP contribution in [0.4, 0.5) is 0 Å². The minimum absolute atomic E-state index is 0.0545. The van der Waals surface area contributed by atoms with Crippen molar-refractivity contribution < 1.29 is 9.52 Å². The Labute approximate surface area is 117 Å². The fourth-order valence-electron chi connectivity index (χ4n) is 2.30. The highest BCUT2D eigenvalue weighted by Gasteiger charge is 2.14. The molecule has 0 unspecified atom stereocenters. The summed E-state index contributed by atoms with van der Waals surface area (Å²) in [7, 11) is 0. The van der Waals surface area contributed by atoms with Crippen molar-refractivity contribution in [2.24, 2.45) is 0 Å². The van der Waals surface area contributed by atoms with Crippen LogP contribution in [0.15, 0.2) is 37.9 Å². The lowest BCUT2D eigenvalue weighted by atomic mass is 10.00. The van der Waals surface area contributed by atoms with Crippen molar-refractivity contribution in [3.8, 4) is 5.75 Å². The number of aryl methyl sites for hydroxylation is 2. The molecule has 0 saturated carbocycles. The van der Waals surface area contributed by atoms with Crippen molar-refractivity contribution in [2.75, 3.05) is 0 Å². The van der Waals surface area contributed by atoms with Crippen molar-refractivity contribution in [2.45, 2.75) is 13.8 Å². The first-order chi connectivity index (χ1) is 9.00. The van der Waals surface area contributed by atoms with Crippen LogP contribution < -0.4 is 5.63 Å². The van der Waals surface area contributed by atoms with E-state index in [4.69, 9.17) is 4.42 Å². The summed E-state index contributed by atoms with van der Waals surface area (Å²) < 4.78 is 5.76. The molecule has 1 N–H and O–H groups in total. The van der Waals surface area contributed by atoms with Gasteiger partial charge in [0.2, 0.25) is 0 Å². The maximum absolute atomic E-state index is 12.2. The predicted octanol–water partition coefficient (Wildman–Crippen LogP) is 4.03. The van der Waals surface area contributed by atoms with Gasteiger partial charge in [0.25, 0.3) is 0 Å². The average Bonchev–Trinajstić information content (AvgIpc) is 2.38. The molecule has 2 aromatic carbocycles. The van der Waals surface area contributed by atoms with Crippen LogP contribution in [-0.2, 0) is 0 Å². The molecule has 3 rings (SSSR count). The Morgan fingerprint density at radius 2 is 1.79 bits per heavy atom. The molecule has 1 aromatic heterocycles. The van der Waals surface area contributed by atoms with Gasteiger partial charge in [-0.1, -0.05) is 12.1 Å². The zero-order valence-electron chi connectivity index (χ0n) is 10.5. The molecule has 96 valence electrons. The second kappa shape index (κ2) is 4.10. The monoisotopic (exact) mass is 318 g/mol. The van der Waals surface area contributed by atoms with E-state index in [2.05, 4.69) is 15.9 Å². The number of halogens is 1. The quantitative estimate of drug-likeness (QED) is 0.503. The molecule has 4 heteroatoms. The Bertz CT molecular complexity index is 878. The summed E-state index contributed by atoms with van der Waals surface area (Å²) in [5.41, 5.74) is 1.98. The van der Waals surface area contributed by atoms with Crippen molar-refractivity contribution in [1.82, 2.24) is 0 Å². The van der Waals surface area contributed by atoms with Crippen LogP contribution in [-0.4, -0.2) is 5.11 Å². The molecule has 0 fully saturated rings. The third kappa shape index (κ3) is 1.67. The first kappa shape index (κ1) is 12.2. The highest BCUT2D eigenvalue weighted by atomic mass is 79.9. The van der Waals surface area contributed by atoms with Gasteiger partial charge >= 0.3 is 5.63 Å². The first-order valence-electron chi connectivity index (χ1n) is 5.85. The molecule has 0 radical (unpaired) electrons. The van der Waals surface area contributed by atoms with E-state index in [0.29, 0.717) is 15.4 Å². The van der Waals surface area contributed by atoms with Gasteiger partial charge in [0, 0.05) is 10.8 Å². The van der Waals surface area contributed by atoms with E-state index in [0.717, 1.165) is 21.9 Å². The molecule has 0 atom stereocenters. The molecule has 0 amide bonds. The summed E-state index contributed by atoms with van der Waals surface area (Å²) in [5, 5.41) is 11.9. The number of aromatic hydroxyl groups is 1. The van der Waals surface area contributed by atoms with E-state index in [9.17, 15) is 9.90 Å². The van der Waals surface area contributed by atoms with Crippen LogP contribution in [0.1, 0.15) is 11.1 Å². The first-order valence-corrected chi connectivity index (χ1v) is 6.64. The molecular formula is C15H11BrO3. The van der Waals surface area contributed by atoms with Gasteiger partial charge in [-0.15, -0.1) is 0 Å². The van der Waals surface area contributed by atoms with Gasteiger partial charge in [-0.3, -0.25) is 0 Å². The number of phenolic OH excluding ortho intramolecular Hbond substituents is 1. The molecule has 0 saturated heterocycles. The van der Waals surface area contributed by atoms with E-state index in [-0.39, 0.29) is 11.4 Å². The van der Waals surface area contributed by atoms with Crippen molar-refractivity contribution in [1.29, 1.82) is 0 Å². The third-order valence-electron chi connectivity index (χ3n) is 3.50. The van der Waals surface area contributed by atoms with Crippen LogP contribution in [0, 0.1) is 13.8 Å². The van der Waals surface area contributed by atoms with Crippen LogP contribution in [0.2, 0.25) is 0 Å². The summed E-state index contributed by atoms with van der Waals surface area (Å²) in [4.78, 5) is 12.2. The zero-order valence-corrected chi connectivity index (χ0v) is 12.0. The molecule has 3 nitrogen and oxygen atoms in total. The Morgan fingerprint density at radius 3 is 2.53 bits per heavy atom. The molecule has 19 heavy (non-hydrogen) atoms. The number of hydrogen-bond acceptors (Lipinski definition) is 3. The van der Waals surface area contributed by atoms with Crippen LogP contribution in [0.5, 0.6) is 5.75 Å². The minimum Gasteiger partial charge on any atom is -0.507 e. The van der Waals surface area contributed by atoms with Crippen molar-refractivity contribution >= 4 is 37.7 Å². The highest BCUT2D eigenvalue weighted by molar-refractivity contribution is 9.10. The minimum atomic E-state index is -0.380. The molecule has 0 bridgehead atoms. The Morgan fingerprint density at radius 1 is 1.11 bits per heavy atom. The van der Waals surface area contributed by atoms with Gasteiger partial charge in [-0.25, -0.2) is 4.79 Å². The zero-order chi connectivity index (χ0) is 13.7. The Hall–Kier alpha value is -1.81. The average molecular weight is 319 g/mol. The van der Waals surface area contributed by atoms with Crippen molar-refractivity contribution in [3.63, 3.8) is 0 Å². The normalized spacial score (nSPS) is 11.3. The molecular weight excluding hydrogens is 308 g/mol. The fourth-order valence-corrected chi connectivity index (χ4v) is 2.73. The van der Waals surface area contributed by atoms with E-state index in [1.165, 1.54) is 0 Å². The van der Waals surface area contributed by atoms with E-state index in [1.807, 2.05) is 26.0 Å². The summed E-state index contributed by atoms with van der Waals surface area (Å²) in [6, 6.07) is 7.24. The van der Waals surface area contributed by atoms with Gasteiger partial charge < -0.3 is 9.52 Å². The number of hydrogen-bond donors (Lipinski definition) is 1. The SMILES string of the molecule is Cc1ccc2c(c1C)c(=O)oc1c(Br)c(O)ccc12. The summed E-state index contributed by atoms with van der Waals surface area (Å²) in [5.74, 6) is 0.0545. The van der Waals surface area contributed by atoms with E-state index >= 15 is 0 Å². The van der Waals surface area contributed by atoms with Crippen LogP contribution >= 0.6 is 15.9 Å². The molecule has 0 spiro atoms. The smallest absolute Gasteiger partial charge is 0.344 e. The fraction of sp³-hybridized carbons (Fsp3) is 0.133. The molecule has 0 aliphatic heterocycles. The number of benzene rings is 2. The molecule has 0 aliphatic carbocycles. The number of phenols is 1. The highest BCUT2D eigenvalue weighted by Crippen LogP contribution is 2.35. The summed E-state index contributed by atoms with van der Waals surface area (Å²) in [6.07, 6.45) is 0. The van der Waals surface area contributed by atoms with Gasteiger partial charge in [0.1, 0.15) is 10.2 Å². The summed E-state index contributed by atoms with van der Waals surface area (Å²) in [6.45, 7) is 3.88. The lowest BCUT2D eigenvalue weighted by Gasteiger charge is -2.08. The second-order valence-corrected chi connectivity index (χ2v) is 5.39. The van der Waals surface area contributed by atoms with E-state index in [1.54, 1.807) is 12.1 Å². The topological polar surface area (TPSA) is 50.4 Å². The lowest BCUT2D eigenvalue weighted by molar-refractivity contribution is 0.469. The van der Waals surface area contributed by atoms with Gasteiger partial charge in [-0.05, 0) is 53.0 Å². The van der Waals surface area contributed by atoms with Gasteiger partial charge in [0.15, 0.2) is 5.58 Å². The number of fused-ring (bicyclic) bond motifs is 3. The Kier molecular flexibility index (Phi) is 2.64. The standard InChI is InChI=1S/C15H11BrO3/c1-7-3-4-9-10-5-6-11(17)13(16)14(10)19-15(18)12(9)8(7)2/h3-6,17H,1-2H3. The predicted molar refractivity (Wildman–Crippen MR) is 78.8 cm³/mol. The number of rotatable bonds is 0. The largest absolute Gasteiger partial charge is 0.507 e.